The summed E-state index contributed by atoms with van der Waals surface area (Å²) < 4.78 is 1.96. The summed E-state index contributed by atoms with van der Waals surface area (Å²) in [4.78, 5) is 31.3. The second kappa shape index (κ2) is 6.56. The molecule has 29 heavy (non-hydrogen) atoms. The third-order valence-corrected chi connectivity index (χ3v) is 5.37. The quantitative estimate of drug-likeness (QED) is 0.491. The fraction of sp³-hybridized carbons (Fsp3) is 0.300. The van der Waals surface area contributed by atoms with Crippen molar-refractivity contribution in [3.05, 3.63) is 36.3 Å². The largest absolute Gasteiger partial charge is 0.391 e. The number of aliphatic hydroxyl groups excluding tert-OH is 1. The molecule has 1 fully saturated rings. The Morgan fingerprint density at radius 1 is 1.34 bits per heavy atom. The smallest absolute Gasteiger partial charge is 0.272 e. The molecule has 1 atom stereocenters. The van der Waals surface area contributed by atoms with Gasteiger partial charge >= 0.3 is 0 Å². The third-order valence-electron chi connectivity index (χ3n) is 5.37. The molecule has 0 radical (unpaired) electrons. The summed E-state index contributed by atoms with van der Waals surface area (Å²) in [6.45, 7) is 0.903. The summed E-state index contributed by atoms with van der Waals surface area (Å²) in [6, 6.07) is 7.37. The van der Waals surface area contributed by atoms with E-state index in [4.69, 9.17) is 0 Å². The molecule has 9 nitrogen and oxygen atoms in total. The Balaban J connectivity index is 1.58. The van der Waals surface area contributed by atoms with Gasteiger partial charge in [0.1, 0.15) is 16.9 Å². The molecule has 4 aromatic rings. The number of hydrogen-bond acceptors (Lipinski definition) is 6. The first-order valence-electron chi connectivity index (χ1n) is 9.51. The number of fused-ring (bicyclic) bond motifs is 3. The Bertz CT molecular complexity index is 1240. The van der Waals surface area contributed by atoms with Crippen LogP contribution in [0.4, 0.5) is 5.82 Å². The third kappa shape index (κ3) is 2.82. The number of pyridine rings is 2. The average molecular weight is 391 g/mol. The standard InChI is InChI=1S/C20H21N7O2/c1-21-19-16-17(26(2)10-22-16)12-8-15(24-18(12)25-19)13-4-3-5-14(23-13)20(29)27-7-6-11(28)9-27/h3-5,8,10-11,28H,6-7,9H2,1-2H3,(H2,21,24,25)/t11-/m1/s1. The number of nitrogens with one attached hydrogen (secondary N) is 2. The van der Waals surface area contributed by atoms with E-state index in [1.54, 1.807) is 17.3 Å². The molecule has 5 rings (SSSR count). The molecular weight excluding hydrogens is 370 g/mol. The zero-order valence-corrected chi connectivity index (χ0v) is 16.2. The van der Waals surface area contributed by atoms with E-state index < -0.39 is 6.10 Å². The van der Waals surface area contributed by atoms with Crippen molar-refractivity contribution in [1.82, 2.24) is 29.4 Å². The number of imidazole rings is 1. The molecule has 1 amide bonds. The number of carbonyl (C=O) groups is 1. The predicted octanol–water partition coefficient (Wildman–Crippen LogP) is 1.76. The SMILES string of the molecule is CNc1nc2[nH]c(-c3cccc(C(=O)N4CC[C@@H](O)C4)n3)cc2c2c1ncn2C. The fourth-order valence-corrected chi connectivity index (χ4v) is 3.90. The number of aryl methyl sites for hydroxylation is 1. The average Bonchev–Trinajstić information content (AvgIpc) is 3.45. The van der Waals surface area contributed by atoms with Gasteiger partial charge in [0, 0.05) is 32.6 Å². The van der Waals surface area contributed by atoms with Crippen molar-refractivity contribution in [3.8, 4) is 11.4 Å². The van der Waals surface area contributed by atoms with E-state index in [0.29, 0.717) is 36.7 Å². The lowest BCUT2D eigenvalue weighted by atomic mass is 10.2. The molecule has 1 aliphatic heterocycles. The van der Waals surface area contributed by atoms with Crippen LogP contribution >= 0.6 is 0 Å². The lowest BCUT2D eigenvalue weighted by molar-refractivity contribution is 0.0759. The molecule has 0 unspecified atom stereocenters. The van der Waals surface area contributed by atoms with Crippen LogP contribution in [0.15, 0.2) is 30.6 Å². The maximum atomic E-state index is 12.7. The number of aromatic amines is 1. The number of likely N-dealkylation sites (tertiary alicyclic amines) is 1. The number of rotatable bonds is 3. The number of aliphatic hydroxyl groups is 1. The first kappa shape index (κ1) is 17.6. The lowest BCUT2D eigenvalue weighted by Gasteiger charge is -2.15. The van der Waals surface area contributed by atoms with Crippen LogP contribution in [0.25, 0.3) is 33.5 Å². The van der Waals surface area contributed by atoms with Crippen molar-refractivity contribution in [2.75, 3.05) is 25.5 Å². The number of amides is 1. The molecular formula is C20H21N7O2. The van der Waals surface area contributed by atoms with Crippen molar-refractivity contribution < 1.29 is 9.90 Å². The predicted molar refractivity (Wildman–Crippen MR) is 110 cm³/mol. The van der Waals surface area contributed by atoms with E-state index in [-0.39, 0.29) is 5.91 Å². The molecule has 4 aromatic heterocycles. The summed E-state index contributed by atoms with van der Waals surface area (Å²) >= 11 is 0. The highest BCUT2D eigenvalue weighted by atomic mass is 16.3. The molecule has 148 valence electrons. The van der Waals surface area contributed by atoms with Gasteiger partial charge in [-0.1, -0.05) is 6.07 Å². The van der Waals surface area contributed by atoms with Crippen LogP contribution in [-0.4, -0.2) is 66.7 Å². The number of anilines is 1. The molecule has 0 aromatic carbocycles. The molecule has 0 aliphatic carbocycles. The van der Waals surface area contributed by atoms with E-state index in [2.05, 4.69) is 25.3 Å². The minimum absolute atomic E-state index is 0.163. The Hall–Kier alpha value is -3.46. The monoisotopic (exact) mass is 391 g/mol. The van der Waals surface area contributed by atoms with Gasteiger partial charge in [-0.15, -0.1) is 0 Å². The van der Waals surface area contributed by atoms with Crippen LogP contribution < -0.4 is 5.32 Å². The number of carbonyl (C=O) groups excluding carboxylic acids is 1. The van der Waals surface area contributed by atoms with Crippen LogP contribution in [0.1, 0.15) is 16.9 Å². The zero-order chi connectivity index (χ0) is 20.1. The van der Waals surface area contributed by atoms with E-state index in [9.17, 15) is 9.90 Å². The van der Waals surface area contributed by atoms with Gasteiger partial charge in [-0.25, -0.2) is 15.0 Å². The van der Waals surface area contributed by atoms with Crippen molar-refractivity contribution in [2.45, 2.75) is 12.5 Å². The lowest BCUT2D eigenvalue weighted by Crippen LogP contribution is -2.30. The number of β-amino-alcohol motifs (C(OH)–C–C–N with tert-alkyl or cyclic N) is 1. The van der Waals surface area contributed by atoms with Crippen LogP contribution in [0.5, 0.6) is 0 Å². The Kier molecular flexibility index (Phi) is 3.99. The van der Waals surface area contributed by atoms with Gasteiger partial charge in [0.15, 0.2) is 5.82 Å². The van der Waals surface area contributed by atoms with Gasteiger partial charge in [0.2, 0.25) is 0 Å². The van der Waals surface area contributed by atoms with Gasteiger partial charge in [-0.05, 0) is 24.6 Å². The van der Waals surface area contributed by atoms with Crippen molar-refractivity contribution in [3.63, 3.8) is 0 Å². The van der Waals surface area contributed by atoms with Crippen LogP contribution in [-0.2, 0) is 7.05 Å². The molecule has 0 bridgehead atoms. The van der Waals surface area contributed by atoms with Gasteiger partial charge < -0.3 is 24.9 Å². The molecule has 5 heterocycles. The highest BCUT2D eigenvalue weighted by Gasteiger charge is 2.26. The summed E-state index contributed by atoms with van der Waals surface area (Å²) in [5, 5.41) is 13.7. The second-order valence-corrected chi connectivity index (χ2v) is 7.31. The van der Waals surface area contributed by atoms with Gasteiger partial charge in [-0.2, -0.15) is 0 Å². The Morgan fingerprint density at radius 2 is 2.21 bits per heavy atom. The maximum Gasteiger partial charge on any atom is 0.272 e. The molecule has 9 heteroatoms. The number of aromatic nitrogens is 5. The van der Waals surface area contributed by atoms with Gasteiger partial charge in [-0.3, -0.25) is 4.79 Å². The molecule has 1 saturated heterocycles. The normalized spacial score (nSPS) is 16.8. The van der Waals surface area contributed by atoms with Crippen molar-refractivity contribution in [1.29, 1.82) is 0 Å². The van der Waals surface area contributed by atoms with E-state index in [1.807, 2.05) is 36.9 Å². The highest BCUT2D eigenvalue weighted by Crippen LogP contribution is 2.31. The molecule has 0 saturated carbocycles. The summed E-state index contributed by atoms with van der Waals surface area (Å²) in [6.07, 6.45) is 1.92. The summed E-state index contributed by atoms with van der Waals surface area (Å²) in [5.74, 6) is 0.537. The van der Waals surface area contributed by atoms with E-state index >= 15 is 0 Å². The van der Waals surface area contributed by atoms with Gasteiger partial charge in [0.05, 0.1) is 29.3 Å². The van der Waals surface area contributed by atoms with Crippen LogP contribution in [0.2, 0.25) is 0 Å². The Labute approximate surface area is 166 Å². The zero-order valence-electron chi connectivity index (χ0n) is 16.2. The summed E-state index contributed by atoms with van der Waals surface area (Å²) in [5.41, 5.74) is 4.30. The second-order valence-electron chi connectivity index (χ2n) is 7.31. The number of H-pyrrole nitrogens is 1. The van der Waals surface area contributed by atoms with Crippen LogP contribution in [0, 0.1) is 0 Å². The number of hydrogen-bond donors (Lipinski definition) is 3. The fourth-order valence-electron chi connectivity index (χ4n) is 3.90. The Morgan fingerprint density at radius 3 is 2.97 bits per heavy atom. The summed E-state index contributed by atoms with van der Waals surface area (Å²) in [7, 11) is 3.76. The minimum atomic E-state index is -0.454. The van der Waals surface area contributed by atoms with Gasteiger partial charge in [0.25, 0.3) is 5.91 Å². The number of nitrogens with zero attached hydrogens (tertiary/aromatic N) is 5. The topological polar surface area (TPSA) is 112 Å². The first-order valence-corrected chi connectivity index (χ1v) is 9.51. The highest BCUT2D eigenvalue weighted by molar-refractivity contribution is 6.07. The van der Waals surface area contributed by atoms with E-state index in [0.717, 1.165) is 27.8 Å². The first-order chi connectivity index (χ1) is 14.0. The van der Waals surface area contributed by atoms with Crippen molar-refractivity contribution in [2.24, 2.45) is 7.05 Å². The van der Waals surface area contributed by atoms with Crippen LogP contribution in [0.3, 0.4) is 0 Å². The van der Waals surface area contributed by atoms with E-state index in [1.165, 1.54) is 0 Å². The molecule has 3 N–H and O–H groups in total. The maximum absolute atomic E-state index is 12.7. The molecule has 0 spiro atoms. The van der Waals surface area contributed by atoms with Crippen molar-refractivity contribution >= 4 is 33.8 Å². The minimum Gasteiger partial charge on any atom is -0.391 e. The molecule has 1 aliphatic rings.